The summed E-state index contributed by atoms with van der Waals surface area (Å²) in [4.78, 5) is 9.11. The van der Waals surface area contributed by atoms with E-state index in [9.17, 15) is 18.3 Å². The smallest absolute Gasteiger partial charge is 0.382 e. The van der Waals surface area contributed by atoms with Gasteiger partial charge in [0.1, 0.15) is 11.6 Å². The molecule has 2 aromatic rings. The number of pyridine rings is 2. The van der Waals surface area contributed by atoms with Crippen molar-refractivity contribution in [1.29, 1.82) is 0 Å². The fourth-order valence-corrected chi connectivity index (χ4v) is 5.07. The zero-order chi connectivity index (χ0) is 26.4. The average Bonchev–Trinajstić information content (AvgIpc) is 2.89. The Bertz CT molecular complexity index is 1030. The van der Waals surface area contributed by atoms with Crippen molar-refractivity contribution >= 4 is 34.8 Å². The quantitative estimate of drug-likeness (QED) is 0.320. The lowest BCUT2D eigenvalue weighted by Gasteiger charge is -2.31. The SMILES string of the molecule is O[C@H](CNC1CCC(Nc2cc(-c3nc(NCC4CCOCC4)ccc3Cl)c(Cl)cn2)CC1)C(F)(F)F. The Kier molecular flexibility index (Phi) is 9.74. The highest BCUT2D eigenvalue weighted by Gasteiger charge is 2.38. The van der Waals surface area contributed by atoms with E-state index in [1.807, 2.05) is 12.1 Å². The van der Waals surface area contributed by atoms with E-state index in [1.165, 1.54) is 0 Å². The largest absolute Gasteiger partial charge is 0.415 e. The molecule has 1 atom stereocenters. The van der Waals surface area contributed by atoms with E-state index in [2.05, 4.69) is 20.9 Å². The molecule has 1 saturated heterocycles. The van der Waals surface area contributed by atoms with E-state index >= 15 is 0 Å². The standard InChI is InChI=1S/C25H32Cl2F3N5O2/c26-19-5-6-22(32-12-15-7-9-37-10-8-15)35-24(19)18-11-23(33-13-20(18)27)34-17-3-1-16(2-4-17)31-14-21(36)25(28,29)30/h5-6,11,13,15-17,21,31,36H,1-4,7-10,12,14H2,(H,32,35)(H,33,34)/t16?,17?,21-/m1/s1. The topological polar surface area (TPSA) is 91.3 Å². The summed E-state index contributed by atoms with van der Waals surface area (Å²) in [6, 6.07) is 5.51. The van der Waals surface area contributed by atoms with Crippen molar-refractivity contribution in [2.45, 2.75) is 62.9 Å². The number of alkyl halides is 3. The Morgan fingerprint density at radius 1 is 1.00 bits per heavy atom. The van der Waals surface area contributed by atoms with Crippen LogP contribution in [0.15, 0.2) is 24.4 Å². The van der Waals surface area contributed by atoms with Crippen molar-refractivity contribution in [1.82, 2.24) is 15.3 Å². The summed E-state index contributed by atoms with van der Waals surface area (Å²) in [5.74, 6) is 1.88. The summed E-state index contributed by atoms with van der Waals surface area (Å²) in [6.07, 6.45) is -0.469. The van der Waals surface area contributed by atoms with Crippen LogP contribution < -0.4 is 16.0 Å². The normalized spacial score (nSPS) is 22.0. The minimum atomic E-state index is -4.61. The van der Waals surface area contributed by atoms with Crippen LogP contribution in [0.2, 0.25) is 10.0 Å². The number of halogens is 5. The Labute approximate surface area is 224 Å². The van der Waals surface area contributed by atoms with Gasteiger partial charge in [0, 0.05) is 50.1 Å². The van der Waals surface area contributed by atoms with Crippen molar-refractivity contribution in [3.8, 4) is 11.3 Å². The predicted octanol–water partition coefficient (Wildman–Crippen LogP) is 5.52. The number of aliphatic hydroxyl groups is 1. The third-order valence-electron chi connectivity index (χ3n) is 6.93. The molecule has 4 rings (SSSR count). The van der Waals surface area contributed by atoms with Crippen LogP contribution in [-0.4, -0.2) is 65.7 Å². The highest BCUT2D eigenvalue weighted by atomic mass is 35.5. The van der Waals surface area contributed by atoms with E-state index in [1.54, 1.807) is 12.3 Å². The molecule has 0 spiro atoms. The van der Waals surface area contributed by atoms with Crippen molar-refractivity contribution in [3.05, 3.63) is 34.4 Å². The Morgan fingerprint density at radius 3 is 2.41 bits per heavy atom. The van der Waals surface area contributed by atoms with Crippen LogP contribution in [0.5, 0.6) is 0 Å². The summed E-state index contributed by atoms with van der Waals surface area (Å²) in [5, 5.41) is 19.7. The Hall–Kier alpha value is -1.85. The number of ether oxygens (including phenoxy) is 1. The second-order valence-electron chi connectivity index (χ2n) is 9.67. The highest BCUT2D eigenvalue weighted by molar-refractivity contribution is 6.36. The van der Waals surface area contributed by atoms with Gasteiger partial charge in [0.05, 0.1) is 15.7 Å². The first-order chi connectivity index (χ1) is 17.7. The molecule has 4 N–H and O–H groups in total. The fourth-order valence-electron chi connectivity index (χ4n) is 4.67. The molecular weight excluding hydrogens is 530 g/mol. The van der Waals surface area contributed by atoms with Crippen LogP contribution in [0.3, 0.4) is 0 Å². The number of rotatable bonds is 9. The summed E-state index contributed by atoms with van der Waals surface area (Å²) in [6.45, 7) is 1.88. The summed E-state index contributed by atoms with van der Waals surface area (Å²) < 4.78 is 43.0. The highest BCUT2D eigenvalue weighted by Crippen LogP contribution is 2.34. The van der Waals surface area contributed by atoms with Gasteiger partial charge in [-0.05, 0) is 62.6 Å². The molecule has 1 saturated carbocycles. The molecule has 2 fully saturated rings. The van der Waals surface area contributed by atoms with Crippen molar-refractivity contribution in [2.75, 3.05) is 36.9 Å². The van der Waals surface area contributed by atoms with Gasteiger partial charge >= 0.3 is 6.18 Å². The number of aliphatic hydroxyl groups excluding tert-OH is 1. The van der Waals surface area contributed by atoms with Crippen molar-refractivity contribution in [2.24, 2.45) is 5.92 Å². The number of aromatic nitrogens is 2. The lowest BCUT2D eigenvalue weighted by Crippen LogP contribution is -2.44. The van der Waals surface area contributed by atoms with Gasteiger partial charge in [-0.3, -0.25) is 0 Å². The van der Waals surface area contributed by atoms with Gasteiger partial charge in [-0.15, -0.1) is 0 Å². The number of hydrogen-bond donors (Lipinski definition) is 4. The molecule has 0 unspecified atom stereocenters. The predicted molar refractivity (Wildman–Crippen MR) is 139 cm³/mol. The summed E-state index contributed by atoms with van der Waals surface area (Å²) in [7, 11) is 0. The molecule has 37 heavy (non-hydrogen) atoms. The number of nitrogens with zero attached hydrogens (tertiary/aromatic N) is 2. The minimum Gasteiger partial charge on any atom is -0.382 e. The molecular formula is C25H32Cl2F3N5O2. The molecule has 0 radical (unpaired) electrons. The number of hydrogen-bond acceptors (Lipinski definition) is 7. The molecule has 0 aromatic carbocycles. The summed E-state index contributed by atoms with van der Waals surface area (Å²) >= 11 is 13.0. The molecule has 2 aliphatic rings. The van der Waals surface area contributed by atoms with E-state index < -0.39 is 18.8 Å². The van der Waals surface area contributed by atoms with Gasteiger partial charge in [0.2, 0.25) is 0 Å². The fraction of sp³-hybridized carbons (Fsp3) is 0.600. The summed E-state index contributed by atoms with van der Waals surface area (Å²) in [5.41, 5.74) is 1.22. The van der Waals surface area contributed by atoms with Crippen LogP contribution in [-0.2, 0) is 4.74 Å². The number of anilines is 2. The van der Waals surface area contributed by atoms with Gasteiger partial charge in [0.15, 0.2) is 6.10 Å². The third kappa shape index (κ3) is 8.07. The van der Waals surface area contributed by atoms with Gasteiger partial charge in [-0.1, -0.05) is 23.2 Å². The maximum Gasteiger partial charge on any atom is 0.415 e. The number of nitrogens with one attached hydrogen (secondary N) is 3. The first kappa shape index (κ1) is 28.2. The first-order valence-electron chi connectivity index (χ1n) is 12.6. The first-order valence-corrected chi connectivity index (χ1v) is 13.3. The second kappa shape index (κ2) is 12.8. The van der Waals surface area contributed by atoms with Crippen LogP contribution in [0.25, 0.3) is 11.3 Å². The lowest BCUT2D eigenvalue weighted by atomic mass is 9.91. The van der Waals surface area contributed by atoms with Crippen molar-refractivity contribution < 1.29 is 23.0 Å². The van der Waals surface area contributed by atoms with Crippen LogP contribution in [0, 0.1) is 5.92 Å². The van der Waals surface area contributed by atoms with Crippen LogP contribution in [0.1, 0.15) is 38.5 Å². The monoisotopic (exact) mass is 561 g/mol. The van der Waals surface area contributed by atoms with Crippen LogP contribution >= 0.6 is 23.2 Å². The Balaban J connectivity index is 1.35. The average molecular weight is 562 g/mol. The molecule has 12 heteroatoms. The molecule has 7 nitrogen and oxygen atoms in total. The third-order valence-corrected chi connectivity index (χ3v) is 7.53. The van der Waals surface area contributed by atoms with Gasteiger partial charge in [-0.25, -0.2) is 9.97 Å². The van der Waals surface area contributed by atoms with E-state index in [0.717, 1.165) is 51.3 Å². The lowest BCUT2D eigenvalue weighted by molar-refractivity contribution is -0.202. The molecule has 204 valence electrons. The maximum atomic E-state index is 12.5. The van der Waals surface area contributed by atoms with Gasteiger partial charge in [-0.2, -0.15) is 13.2 Å². The van der Waals surface area contributed by atoms with Crippen molar-refractivity contribution in [3.63, 3.8) is 0 Å². The van der Waals surface area contributed by atoms with Gasteiger partial charge < -0.3 is 25.8 Å². The van der Waals surface area contributed by atoms with Crippen LogP contribution in [0.4, 0.5) is 24.8 Å². The van der Waals surface area contributed by atoms with E-state index in [4.69, 9.17) is 32.9 Å². The molecule has 1 aliphatic heterocycles. The Morgan fingerprint density at radius 2 is 1.70 bits per heavy atom. The maximum absolute atomic E-state index is 12.5. The van der Waals surface area contributed by atoms with E-state index in [0.29, 0.717) is 45.9 Å². The molecule has 0 bridgehead atoms. The zero-order valence-corrected chi connectivity index (χ0v) is 21.8. The minimum absolute atomic E-state index is 0.0665. The zero-order valence-electron chi connectivity index (χ0n) is 20.3. The molecule has 1 aliphatic carbocycles. The molecule has 2 aromatic heterocycles. The van der Waals surface area contributed by atoms with Gasteiger partial charge in [0.25, 0.3) is 0 Å². The second-order valence-corrected chi connectivity index (χ2v) is 10.5. The van der Waals surface area contributed by atoms with E-state index in [-0.39, 0.29) is 12.1 Å². The molecule has 0 amide bonds. The molecule has 3 heterocycles.